The van der Waals surface area contributed by atoms with Gasteiger partial charge in [-0.1, -0.05) is 27.7 Å². The van der Waals surface area contributed by atoms with Crippen molar-refractivity contribution in [1.82, 2.24) is 52.5 Å². The molecule has 3 aliphatic heterocycles. The van der Waals surface area contributed by atoms with Gasteiger partial charge in [0.05, 0.1) is 31.8 Å². The monoisotopic (exact) mass is 851 g/mol. The summed E-state index contributed by atoms with van der Waals surface area (Å²) in [6.45, 7) is 7.83. The van der Waals surface area contributed by atoms with Gasteiger partial charge in [-0.2, -0.15) is 5.06 Å². The molecule has 0 aromatic heterocycles. The number of nitrogens with two attached hydrogens (primary N) is 1. The molecule has 0 aliphatic carbocycles. The lowest BCUT2D eigenvalue weighted by atomic mass is 10.0. The molecule has 0 aromatic carbocycles. The third-order valence-corrected chi connectivity index (χ3v) is 9.83. The first kappa shape index (κ1) is 48.9. The number of carbonyl (C=O) groups excluding carboxylic acids is 10. The average molecular weight is 852 g/mol. The van der Waals surface area contributed by atoms with Crippen LogP contribution in [0.25, 0.3) is 0 Å². The molecule has 3 aliphatic rings. The van der Waals surface area contributed by atoms with Crippen molar-refractivity contribution in [1.29, 1.82) is 0 Å². The van der Waals surface area contributed by atoms with Gasteiger partial charge in [0.15, 0.2) is 6.73 Å². The molecule has 10 amide bonds. The molecule has 0 bridgehead atoms. The van der Waals surface area contributed by atoms with E-state index in [1.165, 1.54) is 11.8 Å². The highest BCUT2D eigenvalue weighted by molar-refractivity contribution is 5.97. The molecule has 11 N–H and O–H groups in total. The van der Waals surface area contributed by atoms with Crippen LogP contribution < -0.4 is 48.3 Å². The minimum atomic E-state index is -1.33. The minimum absolute atomic E-state index is 0.0888. The Morgan fingerprint density at radius 3 is 1.88 bits per heavy atom. The Bertz CT molecular complexity index is 1610. The summed E-state index contributed by atoms with van der Waals surface area (Å²) in [6.07, 6.45) is 0.332. The van der Waals surface area contributed by atoms with Crippen LogP contribution in [0.2, 0.25) is 0 Å². The minimum Gasteiger partial charge on any atom is -0.392 e. The summed E-state index contributed by atoms with van der Waals surface area (Å²) in [6, 6.07) is -6.11. The fourth-order valence-electron chi connectivity index (χ4n) is 6.66. The molecule has 23 heteroatoms. The lowest BCUT2D eigenvalue weighted by Gasteiger charge is -2.25. The van der Waals surface area contributed by atoms with Crippen molar-refractivity contribution >= 4 is 59.1 Å². The van der Waals surface area contributed by atoms with Crippen LogP contribution in [-0.2, 0) is 52.8 Å². The molecule has 3 heterocycles. The van der Waals surface area contributed by atoms with Gasteiger partial charge in [-0.05, 0) is 57.3 Å². The number of primary amides is 1. The highest BCUT2D eigenvalue weighted by Gasteiger charge is 2.41. The Kier molecular flexibility index (Phi) is 19.1. The molecule has 0 spiro atoms. The van der Waals surface area contributed by atoms with Gasteiger partial charge < -0.3 is 58.3 Å². The number of amides is 10. The first-order valence-electron chi connectivity index (χ1n) is 20.2. The van der Waals surface area contributed by atoms with E-state index in [0.29, 0.717) is 19.4 Å². The summed E-state index contributed by atoms with van der Waals surface area (Å²) in [5.41, 5.74) is 5.27. The largest absolute Gasteiger partial charge is 0.392 e. The van der Waals surface area contributed by atoms with Crippen LogP contribution >= 0.6 is 0 Å². The second-order valence-electron chi connectivity index (χ2n) is 16.0. The molecular weight excluding hydrogens is 790 g/mol. The Labute approximate surface area is 348 Å². The quantitative estimate of drug-likeness (QED) is 0.0432. The number of β-amino-alcohol motifs (C(OH)–C–C–N with tert-alkyl or cyclic N) is 1. The van der Waals surface area contributed by atoms with E-state index in [4.69, 9.17) is 10.6 Å². The number of carbonyl (C=O) groups is 10. The zero-order valence-electron chi connectivity index (χ0n) is 34.8. The average Bonchev–Trinajstić information content (AvgIpc) is 3.75. The van der Waals surface area contributed by atoms with Gasteiger partial charge in [-0.3, -0.25) is 47.9 Å². The SMILES string of the molecule is CC(C)C[C@H](NC(=O)CNC(=O)[C@H](CC(C)C)NC(=O)[C@H](CCC(N)=O)NC(=O)CNC(=O)[C@@H]1C[C@@H](O)CN1)C(=O)N[C@@H](C)C(=O)NCC(=O)N1CCC[C@H]1C(=O)N1CO1. The molecule has 60 heavy (non-hydrogen) atoms. The Balaban J connectivity index is 1.53. The zero-order chi connectivity index (χ0) is 44.7. The maximum absolute atomic E-state index is 13.4. The number of likely N-dealkylation sites (tertiary alicyclic amines) is 1. The van der Waals surface area contributed by atoms with Crippen molar-refractivity contribution in [2.75, 3.05) is 39.5 Å². The van der Waals surface area contributed by atoms with Gasteiger partial charge in [0.1, 0.15) is 30.2 Å². The molecule has 3 saturated heterocycles. The summed E-state index contributed by atoms with van der Waals surface area (Å²) in [4.78, 5) is 134. The Hall–Kier alpha value is -5.42. The molecule has 0 radical (unpaired) electrons. The van der Waals surface area contributed by atoms with Crippen molar-refractivity contribution in [3.8, 4) is 0 Å². The van der Waals surface area contributed by atoms with Gasteiger partial charge in [0.25, 0.3) is 5.91 Å². The highest BCUT2D eigenvalue weighted by Crippen LogP contribution is 2.22. The van der Waals surface area contributed by atoms with Crippen LogP contribution in [0.1, 0.15) is 79.6 Å². The second-order valence-corrected chi connectivity index (χ2v) is 16.0. The van der Waals surface area contributed by atoms with E-state index in [1.54, 1.807) is 13.8 Å². The van der Waals surface area contributed by atoms with Crippen molar-refractivity contribution < 1.29 is 57.9 Å². The first-order valence-corrected chi connectivity index (χ1v) is 20.2. The number of nitrogens with one attached hydrogen (secondary N) is 8. The maximum atomic E-state index is 13.4. The van der Waals surface area contributed by atoms with E-state index in [2.05, 4.69) is 42.5 Å². The molecule has 3 rings (SSSR count). The molecular formula is C37H61N11O12. The van der Waals surface area contributed by atoms with Gasteiger partial charge in [-0.25, -0.2) is 4.84 Å². The fourth-order valence-corrected chi connectivity index (χ4v) is 6.66. The number of hydrogen-bond donors (Lipinski definition) is 10. The van der Waals surface area contributed by atoms with Gasteiger partial charge >= 0.3 is 0 Å². The zero-order valence-corrected chi connectivity index (χ0v) is 34.8. The molecule has 0 unspecified atom stereocenters. The maximum Gasteiger partial charge on any atom is 0.271 e. The fraction of sp³-hybridized carbons (Fsp3) is 0.730. The van der Waals surface area contributed by atoms with Crippen LogP contribution in [0, 0.1) is 11.8 Å². The van der Waals surface area contributed by atoms with E-state index < -0.39 is 115 Å². The molecule has 0 aromatic rings. The lowest BCUT2D eigenvalue weighted by molar-refractivity contribution is -0.144. The van der Waals surface area contributed by atoms with Crippen LogP contribution in [0.15, 0.2) is 0 Å². The molecule has 7 atom stereocenters. The summed E-state index contributed by atoms with van der Waals surface area (Å²) in [5, 5.41) is 31.1. The number of aliphatic hydroxyl groups excluding tert-OH is 1. The van der Waals surface area contributed by atoms with Crippen molar-refractivity contribution in [2.45, 2.75) is 122 Å². The number of nitrogens with zero attached hydrogens (tertiary/aromatic N) is 2. The van der Waals surface area contributed by atoms with Crippen molar-refractivity contribution in [2.24, 2.45) is 17.6 Å². The smallest absolute Gasteiger partial charge is 0.271 e. The van der Waals surface area contributed by atoms with Gasteiger partial charge in [0, 0.05) is 19.5 Å². The summed E-state index contributed by atoms with van der Waals surface area (Å²) >= 11 is 0. The van der Waals surface area contributed by atoms with E-state index in [1.807, 2.05) is 13.8 Å². The lowest BCUT2D eigenvalue weighted by Crippen LogP contribution is -2.57. The number of aliphatic hydroxyl groups is 1. The third kappa shape index (κ3) is 16.3. The summed E-state index contributed by atoms with van der Waals surface area (Å²) in [7, 11) is 0. The van der Waals surface area contributed by atoms with Crippen LogP contribution in [0.3, 0.4) is 0 Å². The van der Waals surface area contributed by atoms with Crippen LogP contribution in [0.4, 0.5) is 0 Å². The normalized spacial score (nSPS) is 20.3. The number of rotatable bonds is 23. The highest BCUT2D eigenvalue weighted by atomic mass is 16.8. The molecule has 0 saturated carbocycles. The molecule has 3 fully saturated rings. The molecule has 336 valence electrons. The topological polar surface area (TPSA) is 332 Å². The molecule has 23 nitrogen and oxygen atoms in total. The van der Waals surface area contributed by atoms with Crippen LogP contribution in [-0.4, -0.2) is 156 Å². The van der Waals surface area contributed by atoms with Crippen molar-refractivity contribution in [3.63, 3.8) is 0 Å². The van der Waals surface area contributed by atoms with E-state index in [-0.39, 0.29) is 63.1 Å². The van der Waals surface area contributed by atoms with E-state index in [0.717, 1.165) is 5.06 Å². The van der Waals surface area contributed by atoms with E-state index >= 15 is 0 Å². The van der Waals surface area contributed by atoms with Gasteiger partial charge in [0.2, 0.25) is 53.2 Å². The Morgan fingerprint density at radius 2 is 1.32 bits per heavy atom. The Morgan fingerprint density at radius 1 is 0.750 bits per heavy atom. The van der Waals surface area contributed by atoms with Crippen molar-refractivity contribution in [3.05, 3.63) is 0 Å². The second kappa shape index (κ2) is 23.4. The standard InChI is InChI=1S/C37H61N11O12/c1-19(2)11-25(46-35(57)23(8-9-28(38)50)44-29(51)15-40-33(55)24-13-22(49)14-39-24)34(56)41-16-30(52)45-26(12-20(3)4)36(58)43-21(5)32(54)42-17-31(53)47-10-6-7-27(47)37(59)48-18-60-48/h19-27,39,49H,6-18H2,1-5H3,(H2,38,50)(H,40,55)(H,41,56)(H,42,54)(H,43,58)(H,44,51)(H,45,52)(H,46,57)/t21-,22+,23-,24-,25-,26-,27-,48?/m0/s1. The van der Waals surface area contributed by atoms with Crippen LogP contribution in [0.5, 0.6) is 0 Å². The predicted molar refractivity (Wildman–Crippen MR) is 210 cm³/mol. The summed E-state index contributed by atoms with van der Waals surface area (Å²) in [5.74, 6) is -6.73. The van der Waals surface area contributed by atoms with Gasteiger partial charge in [-0.15, -0.1) is 0 Å². The predicted octanol–water partition coefficient (Wildman–Crippen LogP) is -4.90. The van der Waals surface area contributed by atoms with E-state index in [9.17, 15) is 53.1 Å². The summed E-state index contributed by atoms with van der Waals surface area (Å²) < 4.78 is 0. The first-order chi connectivity index (χ1) is 28.2. The number of hydrogen-bond acceptors (Lipinski definition) is 13. The third-order valence-electron chi connectivity index (χ3n) is 9.83. The number of hydroxylamine groups is 2.